The first kappa shape index (κ1) is 17.7. The molecular formula is C18H16BrNO4S. The van der Waals surface area contributed by atoms with Crippen LogP contribution in [0.4, 0.5) is 5.69 Å². The lowest BCUT2D eigenvalue weighted by molar-refractivity contribution is -0.132. The maximum atomic E-state index is 13.1. The van der Waals surface area contributed by atoms with E-state index in [1.807, 2.05) is 6.92 Å². The van der Waals surface area contributed by atoms with E-state index in [-0.39, 0.29) is 23.4 Å². The van der Waals surface area contributed by atoms with E-state index in [9.17, 15) is 18.3 Å². The van der Waals surface area contributed by atoms with E-state index in [2.05, 4.69) is 15.9 Å². The fourth-order valence-electron chi connectivity index (χ4n) is 2.71. The highest BCUT2D eigenvalue weighted by Crippen LogP contribution is 2.34. The maximum absolute atomic E-state index is 13.1. The minimum absolute atomic E-state index is 0.0673. The molecule has 0 bridgehead atoms. The van der Waals surface area contributed by atoms with Crippen molar-refractivity contribution in [2.45, 2.75) is 18.2 Å². The van der Waals surface area contributed by atoms with Gasteiger partial charge in [0.1, 0.15) is 0 Å². The fraction of sp³-hybridized carbons (Fsp3) is 0.167. The summed E-state index contributed by atoms with van der Waals surface area (Å²) >= 11 is 3.36. The van der Waals surface area contributed by atoms with Gasteiger partial charge in [0.25, 0.3) is 10.0 Å². The predicted molar refractivity (Wildman–Crippen MR) is 100 cm³/mol. The Morgan fingerprint density at radius 3 is 2.48 bits per heavy atom. The Labute approximate surface area is 154 Å². The molecule has 0 radical (unpaired) electrons. The van der Waals surface area contributed by atoms with Crippen molar-refractivity contribution in [3.05, 3.63) is 63.6 Å². The zero-order chi connectivity index (χ0) is 18.2. The molecule has 1 aliphatic heterocycles. The van der Waals surface area contributed by atoms with Crippen molar-refractivity contribution >= 4 is 43.7 Å². The molecule has 130 valence electrons. The summed E-state index contributed by atoms with van der Waals surface area (Å²) in [6, 6.07) is 11.8. The molecule has 5 nitrogen and oxygen atoms in total. The number of carboxylic acid groups (broad SMARTS) is 1. The monoisotopic (exact) mass is 421 g/mol. The molecule has 1 heterocycles. The number of halogens is 1. The fourth-order valence-corrected chi connectivity index (χ4v) is 4.55. The largest absolute Gasteiger partial charge is 0.478 e. The van der Waals surface area contributed by atoms with Gasteiger partial charge in [-0.3, -0.25) is 4.31 Å². The number of nitrogens with zero attached hydrogens (tertiary/aromatic N) is 1. The number of aliphatic carboxylic acids is 1. The topological polar surface area (TPSA) is 74.7 Å². The Kier molecular flexibility index (Phi) is 4.71. The van der Waals surface area contributed by atoms with Gasteiger partial charge in [0.15, 0.2) is 0 Å². The number of carbonyl (C=O) groups is 1. The van der Waals surface area contributed by atoms with Crippen molar-refractivity contribution in [2.75, 3.05) is 10.8 Å². The van der Waals surface area contributed by atoms with Crippen LogP contribution in [0.15, 0.2) is 57.4 Å². The van der Waals surface area contributed by atoms with E-state index < -0.39 is 16.0 Å². The number of hydrogen-bond acceptors (Lipinski definition) is 3. The molecule has 25 heavy (non-hydrogen) atoms. The highest BCUT2D eigenvalue weighted by atomic mass is 79.9. The first-order valence-electron chi connectivity index (χ1n) is 7.62. The summed E-state index contributed by atoms with van der Waals surface area (Å²) in [7, 11) is -3.80. The van der Waals surface area contributed by atoms with Crippen molar-refractivity contribution in [2.24, 2.45) is 0 Å². The van der Waals surface area contributed by atoms with Crippen LogP contribution in [0.25, 0.3) is 6.08 Å². The van der Waals surface area contributed by atoms with Gasteiger partial charge in [0.05, 0.1) is 10.6 Å². The summed E-state index contributed by atoms with van der Waals surface area (Å²) in [6.45, 7) is 1.95. The lowest BCUT2D eigenvalue weighted by atomic mass is 10.1. The van der Waals surface area contributed by atoms with Crippen LogP contribution in [0.3, 0.4) is 0 Å². The molecule has 3 rings (SSSR count). The van der Waals surface area contributed by atoms with E-state index in [0.717, 1.165) is 10.0 Å². The van der Waals surface area contributed by atoms with Crippen LogP contribution in [0, 0.1) is 6.92 Å². The molecular weight excluding hydrogens is 406 g/mol. The van der Waals surface area contributed by atoms with Crippen molar-refractivity contribution in [1.82, 2.24) is 0 Å². The first-order valence-corrected chi connectivity index (χ1v) is 9.85. The summed E-state index contributed by atoms with van der Waals surface area (Å²) in [5.41, 5.74) is 2.18. The Balaban J connectivity index is 2.14. The maximum Gasteiger partial charge on any atom is 0.331 e. The minimum atomic E-state index is -3.80. The SMILES string of the molecule is Cc1ccc(S(=O)(=O)N2CCC(C(=O)O)=Cc3ccc(Br)cc32)cc1. The van der Waals surface area contributed by atoms with Crippen LogP contribution in [0.5, 0.6) is 0 Å². The lowest BCUT2D eigenvalue weighted by Crippen LogP contribution is -2.32. The molecule has 7 heteroatoms. The number of hydrogen-bond donors (Lipinski definition) is 1. The van der Waals surface area contributed by atoms with Crippen molar-refractivity contribution < 1.29 is 18.3 Å². The number of carboxylic acids is 1. The van der Waals surface area contributed by atoms with Crippen LogP contribution in [-0.4, -0.2) is 26.0 Å². The Morgan fingerprint density at radius 2 is 1.84 bits per heavy atom. The second-order valence-corrected chi connectivity index (χ2v) is 8.60. The number of anilines is 1. The van der Waals surface area contributed by atoms with Crippen LogP contribution in [-0.2, 0) is 14.8 Å². The summed E-state index contributed by atoms with van der Waals surface area (Å²) < 4.78 is 28.3. The molecule has 0 saturated carbocycles. The van der Waals surface area contributed by atoms with Gasteiger partial charge in [-0.25, -0.2) is 13.2 Å². The second-order valence-electron chi connectivity index (χ2n) is 5.82. The molecule has 0 unspecified atom stereocenters. The van der Waals surface area contributed by atoms with Gasteiger partial charge in [0, 0.05) is 16.6 Å². The average Bonchev–Trinajstić information content (AvgIpc) is 2.75. The lowest BCUT2D eigenvalue weighted by Gasteiger charge is -2.25. The average molecular weight is 422 g/mol. The van der Waals surface area contributed by atoms with Gasteiger partial charge in [-0.05, 0) is 49.2 Å². The van der Waals surface area contributed by atoms with Crippen molar-refractivity contribution in [3.8, 4) is 0 Å². The second kappa shape index (κ2) is 6.65. The van der Waals surface area contributed by atoms with E-state index in [4.69, 9.17) is 0 Å². The third kappa shape index (κ3) is 3.48. The molecule has 1 N–H and O–H groups in total. The number of rotatable bonds is 3. The van der Waals surface area contributed by atoms with Crippen LogP contribution in [0.2, 0.25) is 0 Å². The Morgan fingerprint density at radius 1 is 1.16 bits per heavy atom. The standard InChI is InChI=1S/C18H16BrNO4S/c1-12-2-6-16(7-3-12)25(23,24)20-9-8-14(18(21)22)10-13-4-5-15(19)11-17(13)20/h2-7,10-11H,8-9H2,1H3,(H,21,22). The molecule has 0 aromatic heterocycles. The van der Waals surface area contributed by atoms with Gasteiger partial charge in [-0.2, -0.15) is 0 Å². The summed E-state index contributed by atoms with van der Waals surface area (Å²) in [6.07, 6.45) is 1.67. The molecule has 2 aromatic rings. The molecule has 0 fully saturated rings. The van der Waals surface area contributed by atoms with Crippen LogP contribution >= 0.6 is 15.9 Å². The van der Waals surface area contributed by atoms with Crippen LogP contribution < -0.4 is 4.31 Å². The number of fused-ring (bicyclic) bond motifs is 1. The first-order chi connectivity index (χ1) is 11.8. The molecule has 0 aliphatic carbocycles. The molecule has 0 spiro atoms. The van der Waals surface area contributed by atoms with Crippen LogP contribution in [0.1, 0.15) is 17.5 Å². The van der Waals surface area contributed by atoms with Crippen molar-refractivity contribution in [3.63, 3.8) is 0 Å². The number of aryl methyl sites for hydroxylation is 1. The van der Waals surface area contributed by atoms with Gasteiger partial charge in [-0.1, -0.05) is 39.7 Å². The normalized spacial score (nSPS) is 14.5. The summed E-state index contributed by atoms with van der Waals surface area (Å²) in [5, 5.41) is 9.33. The van der Waals surface area contributed by atoms with Gasteiger partial charge in [-0.15, -0.1) is 0 Å². The van der Waals surface area contributed by atoms with E-state index >= 15 is 0 Å². The highest BCUT2D eigenvalue weighted by Gasteiger charge is 2.29. The van der Waals surface area contributed by atoms with E-state index in [1.165, 1.54) is 10.4 Å². The Hall–Kier alpha value is -2.12. The third-order valence-electron chi connectivity index (χ3n) is 4.06. The minimum Gasteiger partial charge on any atom is -0.478 e. The predicted octanol–water partition coefficient (Wildman–Crippen LogP) is 3.82. The smallest absolute Gasteiger partial charge is 0.331 e. The van der Waals surface area contributed by atoms with Gasteiger partial charge < -0.3 is 5.11 Å². The number of sulfonamides is 1. The quantitative estimate of drug-likeness (QED) is 0.816. The van der Waals surface area contributed by atoms with Gasteiger partial charge >= 0.3 is 5.97 Å². The molecule has 2 aromatic carbocycles. The molecule has 0 atom stereocenters. The summed E-state index contributed by atoms with van der Waals surface area (Å²) in [5.74, 6) is -1.04. The van der Waals surface area contributed by atoms with Crippen molar-refractivity contribution in [1.29, 1.82) is 0 Å². The van der Waals surface area contributed by atoms with E-state index in [1.54, 1.807) is 42.5 Å². The zero-order valence-electron chi connectivity index (χ0n) is 13.4. The zero-order valence-corrected chi connectivity index (χ0v) is 15.8. The molecule has 1 aliphatic rings. The third-order valence-corrected chi connectivity index (χ3v) is 6.38. The number of benzene rings is 2. The van der Waals surface area contributed by atoms with E-state index in [0.29, 0.717) is 11.3 Å². The van der Waals surface area contributed by atoms with Gasteiger partial charge in [0.2, 0.25) is 0 Å². The highest BCUT2D eigenvalue weighted by molar-refractivity contribution is 9.10. The summed E-state index contributed by atoms with van der Waals surface area (Å²) in [4.78, 5) is 11.6. The Bertz CT molecular complexity index is 965. The molecule has 0 saturated heterocycles. The molecule has 0 amide bonds.